The number of nitrogens with zero attached hydrogens (tertiary/aromatic N) is 1. The van der Waals surface area contributed by atoms with Crippen molar-refractivity contribution >= 4 is 21.4 Å². The first-order chi connectivity index (χ1) is 9.89. The number of nitrogens with one attached hydrogen (secondary N) is 1. The molecule has 0 fully saturated rings. The van der Waals surface area contributed by atoms with E-state index in [2.05, 4.69) is 4.72 Å². The zero-order valence-corrected chi connectivity index (χ0v) is 12.3. The van der Waals surface area contributed by atoms with Gasteiger partial charge in [0.15, 0.2) is 0 Å². The molecule has 2 aromatic rings. The van der Waals surface area contributed by atoms with E-state index in [1.807, 2.05) is 13.0 Å². The average Bonchev–Trinajstić information content (AvgIpc) is 2.42. The molecule has 0 heterocycles. The van der Waals surface area contributed by atoms with Crippen molar-refractivity contribution in [3.8, 4) is 6.07 Å². The molecular weight excluding hydrogens is 286 g/mol. The van der Waals surface area contributed by atoms with Gasteiger partial charge in [0.25, 0.3) is 0 Å². The van der Waals surface area contributed by atoms with E-state index in [-0.39, 0.29) is 5.75 Å². The number of anilines is 2. The fourth-order valence-corrected chi connectivity index (χ4v) is 3.08. The molecule has 2 rings (SSSR count). The summed E-state index contributed by atoms with van der Waals surface area (Å²) in [6.07, 6.45) is 0. The Morgan fingerprint density at radius 2 is 2.00 bits per heavy atom. The molecule has 0 bridgehead atoms. The maximum atomic E-state index is 12.1. The minimum absolute atomic E-state index is 0.189. The van der Waals surface area contributed by atoms with Crippen molar-refractivity contribution in [1.82, 2.24) is 0 Å². The topological polar surface area (TPSA) is 96.0 Å². The van der Waals surface area contributed by atoms with Crippen LogP contribution < -0.4 is 10.5 Å². The van der Waals surface area contributed by atoms with Crippen LogP contribution in [0, 0.1) is 18.3 Å². The Morgan fingerprint density at radius 1 is 1.24 bits per heavy atom. The van der Waals surface area contributed by atoms with E-state index in [0.29, 0.717) is 22.5 Å². The first kappa shape index (κ1) is 14.9. The van der Waals surface area contributed by atoms with Crippen molar-refractivity contribution in [3.63, 3.8) is 0 Å². The summed E-state index contributed by atoms with van der Waals surface area (Å²) >= 11 is 0. The minimum Gasteiger partial charge on any atom is -0.399 e. The SMILES string of the molecule is Cc1cc(NS(=O)(=O)Cc2cccc(C#N)c2)ccc1N. The summed E-state index contributed by atoms with van der Waals surface area (Å²) in [4.78, 5) is 0. The molecule has 0 spiro atoms. The minimum atomic E-state index is -3.54. The van der Waals surface area contributed by atoms with E-state index in [1.54, 1.807) is 42.5 Å². The zero-order valence-electron chi connectivity index (χ0n) is 11.5. The molecule has 21 heavy (non-hydrogen) atoms. The highest BCUT2D eigenvalue weighted by atomic mass is 32.2. The van der Waals surface area contributed by atoms with E-state index in [0.717, 1.165) is 5.56 Å². The summed E-state index contributed by atoms with van der Waals surface area (Å²) in [7, 11) is -3.54. The number of aryl methyl sites for hydroxylation is 1. The molecule has 0 aliphatic carbocycles. The third-order valence-corrected chi connectivity index (χ3v) is 4.22. The highest BCUT2D eigenvalue weighted by molar-refractivity contribution is 7.91. The molecule has 5 nitrogen and oxygen atoms in total. The van der Waals surface area contributed by atoms with Gasteiger partial charge in [-0.25, -0.2) is 8.42 Å². The number of rotatable bonds is 4. The van der Waals surface area contributed by atoms with Crippen LogP contribution in [0.4, 0.5) is 11.4 Å². The van der Waals surface area contributed by atoms with Gasteiger partial charge in [0.2, 0.25) is 10.0 Å². The fourth-order valence-electron chi connectivity index (χ4n) is 1.90. The molecule has 0 aliphatic rings. The Bertz CT molecular complexity index is 808. The van der Waals surface area contributed by atoms with Gasteiger partial charge < -0.3 is 5.73 Å². The summed E-state index contributed by atoms with van der Waals surface area (Å²) < 4.78 is 26.8. The van der Waals surface area contributed by atoms with Crippen LogP contribution in [0.15, 0.2) is 42.5 Å². The number of benzene rings is 2. The van der Waals surface area contributed by atoms with Crippen LogP contribution in [0.1, 0.15) is 16.7 Å². The van der Waals surface area contributed by atoms with E-state index < -0.39 is 10.0 Å². The van der Waals surface area contributed by atoms with Gasteiger partial charge in [0.1, 0.15) is 0 Å². The van der Waals surface area contributed by atoms with Gasteiger partial charge in [-0.15, -0.1) is 0 Å². The molecule has 0 saturated carbocycles. The molecule has 6 heteroatoms. The predicted molar refractivity (Wildman–Crippen MR) is 83.0 cm³/mol. The summed E-state index contributed by atoms with van der Waals surface area (Å²) in [5.74, 6) is -0.189. The summed E-state index contributed by atoms with van der Waals surface area (Å²) in [5, 5.41) is 8.83. The normalized spacial score (nSPS) is 10.9. The van der Waals surface area contributed by atoms with Crippen LogP contribution in [0.3, 0.4) is 0 Å². The lowest BCUT2D eigenvalue weighted by Gasteiger charge is -2.10. The molecule has 0 aliphatic heterocycles. The Kier molecular flexibility index (Phi) is 4.15. The Morgan fingerprint density at radius 3 is 2.67 bits per heavy atom. The number of hydrogen-bond acceptors (Lipinski definition) is 4. The second-order valence-corrected chi connectivity index (χ2v) is 6.47. The van der Waals surface area contributed by atoms with Crippen molar-refractivity contribution in [1.29, 1.82) is 5.26 Å². The summed E-state index contributed by atoms with van der Waals surface area (Å²) in [6.45, 7) is 1.81. The Labute approximate surface area is 124 Å². The average molecular weight is 301 g/mol. The van der Waals surface area contributed by atoms with Crippen LogP contribution in [0.5, 0.6) is 0 Å². The fraction of sp³-hybridized carbons (Fsp3) is 0.133. The standard InChI is InChI=1S/C15H15N3O2S/c1-11-7-14(5-6-15(11)17)18-21(19,20)10-13-4-2-3-12(8-13)9-16/h2-8,18H,10,17H2,1H3. The molecule has 0 radical (unpaired) electrons. The summed E-state index contributed by atoms with van der Waals surface area (Å²) in [5.41, 5.74) is 8.59. The van der Waals surface area contributed by atoms with Crippen LogP contribution in [-0.4, -0.2) is 8.42 Å². The highest BCUT2D eigenvalue weighted by Gasteiger charge is 2.12. The zero-order chi connectivity index (χ0) is 15.5. The van der Waals surface area contributed by atoms with Gasteiger partial charge in [-0.3, -0.25) is 4.72 Å². The molecule has 108 valence electrons. The monoisotopic (exact) mass is 301 g/mol. The molecule has 0 atom stereocenters. The lowest BCUT2D eigenvalue weighted by Crippen LogP contribution is -2.15. The van der Waals surface area contributed by atoms with E-state index in [9.17, 15) is 8.42 Å². The predicted octanol–water partition coefficient (Wildman–Crippen LogP) is 2.39. The third-order valence-electron chi connectivity index (χ3n) is 2.96. The van der Waals surface area contributed by atoms with Gasteiger partial charge in [-0.2, -0.15) is 5.26 Å². The largest absolute Gasteiger partial charge is 0.399 e. The van der Waals surface area contributed by atoms with E-state index >= 15 is 0 Å². The smallest absolute Gasteiger partial charge is 0.236 e. The number of sulfonamides is 1. The number of nitrogens with two attached hydrogens (primary N) is 1. The summed E-state index contributed by atoms with van der Waals surface area (Å²) in [6, 6.07) is 13.5. The Balaban J connectivity index is 2.18. The molecule has 0 amide bonds. The van der Waals surface area contributed by atoms with Crippen molar-refractivity contribution in [2.75, 3.05) is 10.5 Å². The van der Waals surface area contributed by atoms with Crippen LogP contribution in [0.2, 0.25) is 0 Å². The molecule has 0 aromatic heterocycles. The molecular formula is C15H15N3O2S. The van der Waals surface area contributed by atoms with Gasteiger partial charge in [-0.05, 0) is 48.4 Å². The van der Waals surface area contributed by atoms with Gasteiger partial charge in [0.05, 0.1) is 17.4 Å². The van der Waals surface area contributed by atoms with Crippen molar-refractivity contribution in [2.24, 2.45) is 0 Å². The quantitative estimate of drug-likeness (QED) is 0.847. The Hall–Kier alpha value is -2.52. The van der Waals surface area contributed by atoms with Crippen molar-refractivity contribution < 1.29 is 8.42 Å². The van der Waals surface area contributed by atoms with Crippen LogP contribution in [0.25, 0.3) is 0 Å². The van der Waals surface area contributed by atoms with E-state index in [4.69, 9.17) is 11.0 Å². The van der Waals surface area contributed by atoms with Crippen molar-refractivity contribution in [3.05, 3.63) is 59.2 Å². The van der Waals surface area contributed by atoms with Crippen LogP contribution in [-0.2, 0) is 15.8 Å². The lowest BCUT2D eigenvalue weighted by molar-refractivity contribution is 0.600. The first-order valence-electron chi connectivity index (χ1n) is 6.25. The molecule has 0 saturated heterocycles. The van der Waals surface area contributed by atoms with Crippen LogP contribution >= 0.6 is 0 Å². The second kappa shape index (κ2) is 5.85. The third kappa shape index (κ3) is 3.97. The molecule has 0 unspecified atom stereocenters. The highest BCUT2D eigenvalue weighted by Crippen LogP contribution is 2.19. The second-order valence-electron chi connectivity index (χ2n) is 4.74. The molecule has 2 aromatic carbocycles. The van der Waals surface area contributed by atoms with E-state index in [1.165, 1.54) is 0 Å². The van der Waals surface area contributed by atoms with Gasteiger partial charge >= 0.3 is 0 Å². The first-order valence-corrected chi connectivity index (χ1v) is 7.90. The lowest BCUT2D eigenvalue weighted by atomic mass is 10.2. The number of nitriles is 1. The molecule has 3 N–H and O–H groups in total. The van der Waals surface area contributed by atoms with Gasteiger partial charge in [0, 0.05) is 11.4 Å². The van der Waals surface area contributed by atoms with Gasteiger partial charge in [-0.1, -0.05) is 12.1 Å². The van der Waals surface area contributed by atoms with Crippen molar-refractivity contribution in [2.45, 2.75) is 12.7 Å². The number of hydrogen-bond donors (Lipinski definition) is 2. The maximum absolute atomic E-state index is 12.1. The number of nitrogen functional groups attached to an aromatic ring is 1. The maximum Gasteiger partial charge on any atom is 0.236 e.